The summed E-state index contributed by atoms with van der Waals surface area (Å²) in [5.74, 6) is -0.407. The molecule has 0 amide bonds. The zero-order valence-corrected chi connectivity index (χ0v) is 43.1. The average Bonchev–Trinajstić information content (AvgIpc) is 3.30. The molecule has 0 rings (SSSR count). The van der Waals surface area contributed by atoms with Crippen molar-refractivity contribution < 1.29 is 23.8 Å². The standard InChI is InChI=1S/C59H108O5/c1-4-7-10-13-16-19-22-25-28-30-32-34-37-40-43-46-49-52-58(60)63-56-57(55-62-54-51-48-45-42-39-36-33-29-26-23-20-17-14-11-8-5-2)64-59(61)53-50-47-44-41-38-35-31-27-24-21-18-15-12-9-6-3/h16,19,25-29,31,57H,4-15,17-18,20-24,30,32-56H2,1-3H3/b19-16-,28-25-,29-26-,31-27-. The van der Waals surface area contributed by atoms with Gasteiger partial charge in [-0.15, -0.1) is 0 Å². The van der Waals surface area contributed by atoms with Crippen molar-refractivity contribution in [1.82, 2.24) is 0 Å². The minimum Gasteiger partial charge on any atom is -0.462 e. The molecule has 0 aliphatic heterocycles. The van der Waals surface area contributed by atoms with Gasteiger partial charge in [-0.05, 0) is 103 Å². The SMILES string of the molecule is CCCCC/C=C\C/C=C\CCCCCCCCCC(=O)OCC(COCCCCCCCC/C=C\CCCCCCCC)OC(=O)CCCCCCC/C=C\CCCCCCCC. The molecule has 0 spiro atoms. The van der Waals surface area contributed by atoms with Crippen molar-refractivity contribution in [3.8, 4) is 0 Å². The monoisotopic (exact) mass is 897 g/mol. The van der Waals surface area contributed by atoms with E-state index in [4.69, 9.17) is 14.2 Å². The van der Waals surface area contributed by atoms with Gasteiger partial charge in [-0.3, -0.25) is 9.59 Å². The number of carbonyl (C=O) groups is 2. The molecule has 374 valence electrons. The van der Waals surface area contributed by atoms with Crippen LogP contribution in [0.2, 0.25) is 0 Å². The Morgan fingerprint density at radius 3 is 1.08 bits per heavy atom. The lowest BCUT2D eigenvalue weighted by atomic mass is 10.1. The van der Waals surface area contributed by atoms with Crippen molar-refractivity contribution >= 4 is 11.9 Å². The first-order valence-electron chi connectivity index (χ1n) is 28.2. The van der Waals surface area contributed by atoms with Gasteiger partial charge in [-0.25, -0.2) is 0 Å². The van der Waals surface area contributed by atoms with E-state index in [0.29, 0.717) is 19.4 Å². The molecular weight excluding hydrogens is 789 g/mol. The number of rotatable bonds is 52. The van der Waals surface area contributed by atoms with Gasteiger partial charge in [0.05, 0.1) is 6.61 Å². The largest absolute Gasteiger partial charge is 0.462 e. The van der Waals surface area contributed by atoms with E-state index in [1.165, 1.54) is 193 Å². The van der Waals surface area contributed by atoms with Gasteiger partial charge in [-0.2, -0.15) is 0 Å². The number of hydrogen-bond donors (Lipinski definition) is 0. The Kier molecular flexibility index (Phi) is 53.3. The summed E-state index contributed by atoms with van der Waals surface area (Å²) in [5.41, 5.74) is 0. The van der Waals surface area contributed by atoms with Crippen LogP contribution < -0.4 is 0 Å². The third kappa shape index (κ3) is 52.5. The molecule has 0 aliphatic rings. The summed E-state index contributed by atoms with van der Waals surface area (Å²) >= 11 is 0. The highest BCUT2D eigenvalue weighted by molar-refractivity contribution is 5.70. The molecule has 1 unspecified atom stereocenters. The molecule has 0 saturated heterocycles. The second kappa shape index (κ2) is 55.2. The van der Waals surface area contributed by atoms with Crippen molar-refractivity contribution in [3.63, 3.8) is 0 Å². The second-order valence-electron chi connectivity index (χ2n) is 18.8. The summed E-state index contributed by atoms with van der Waals surface area (Å²) in [7, 11) is 0. The van der Waals surface area contributed by atoms with Gasteiger partial charge in [0, 0.05) is 19.4 Å². The van der Waals surface area contributed by atoms with Crippen LogP contribution in [0.1, 0.15) is 290 Å². The molecule has 0 saturated carbocycles. The topological polar surface area (TPSA) is 61.8 Å². The Bertz CT molecular complexity index is 1060. The summed E-state index contributed by atoms with van der Waals surface area (Å²) in [5, 5.41) is 0. The summed E-state index contributed by atoms with van der Waals surface area (Å²) in [6.07, 6.45) is 68.3. The number of allylic oxidation sites excluding steroid dienone is 8. The molecule has 0 bridgehead atoms. The Balaban J connectivity index is 4.28. The molecule has 64 heavy (non-hydrogen) atoms. The number of ether oxygens (including phenoxy) is 3. The van der Waals surface area contributed by atoms with E-state index in [-0.39, 0.29) is 25.2 Å². The lowest BCUT2D eigenvalue weighted by molar-refractivity contribution is -0.163. The van der Waals surface area contributed by atoms with Gasteiger partial charge in [0.1, 0.15) is 6.61 Å². The van der Waals surface area contributed by atoms with Crippen LogP contribution in [-0.4, -0.2) is 37.9 Å². The zero-order chi connectivity index (χ0) is 46.3. The summed E-state index contributed by atoms with van der Waals surface area (Å²) in [6, 6.07) is 0. The van der Waals surface area contributed by atoms with Crippen molar-refractivity contribution in [1.29, 1.82) is 0 Å². The highest BCUT2D eigenvalue weighted by atomic mass is 16.6. The Hall–Kier alpha value is -2.14. The van der Waals surface area contributed by atoms with Gasteiger partial charge in [0.25, 0.3) is 0 Å². The predicted octanol–water partition coefficient (Wildman–Crippen LogP) is 19.1. The summed E-state index contributed by atoms with van der Waals surface area (Å²) in [4.78, 5) is 25.5. The molecule has 5 heteroatoms. The normalized spacial score (nSPS) is 12.5. The number of carbonyl (C=O) groups excluding carboxylic acids is 2. The molecule has 0 aromatic heterocycles. The van der Waals surface area contributed by atoms with E-state index in [1.807, 2.05) is 0 Å². The van der Waals surface area contributed by atoms with Gasteiger partial charge in [-0.1, -0.05) is 223 Å². The van der Waals surface area contributed by atoms with Crippen LogP contribution in [0, 0.1) is 0 Å². The van der Waals surface area contributed by atoms with Gasteiger partial charge in [0.2, 0.25) is 0 Å². The first kappa shape index (κ1) is 61.9. The lowest BCUT2D eigenvalue weighted by Crippen LogP contribution is -2.30. The quantitative estimate of drug-likeness (QED) is 0.0346. The first-order chi connectivity index (χ1) is 31.6. The van der Waals surface area contributed by atoms with Crippen LogP contribution in [-0.2, 0) is 23.8 Å². The van der Waals surface area contributed by atoms with Crippen LogP contribution in [0.3, 0.4) is 0 Å². The molecule has 0 radical (unpaired) electrons. The number of hydrogen-bond acceptors (Lipinski definition) is 5. The minimum absolute atomic E-state index is 0.0774. The fraction of sp³-hybridized carbons (Fsp3) is 0.831. The third-order valence-corrected chi connectivity index (χ3v) is 12.3. The van der Waals surface area contributed by atoms with Gasteiger partial charge in [0.15, 0.2) is 6.10 Å². The van der Waals surface area contributed by atoms with E-state index in [9.17, 15) is 9.59 Å². The maximum absolute atomic E-state index is 12.8. The van der Waals surface area contributed by atoms with E-state index in [0.717, 1.165) is 64.2 Å². The Morgan fingerprint density at radius 2 is 0.656 bits per heavy atom. The molecule has 5 nitrogen and oxygen atoms in total. The third-order valence-electron chi connectivity index (χ3n) is 12.3. The van der Waals surface area contributed by atoms with Crippen LogP contribution in [0.25, 0.3) is 0 Å². The number of unbranched alkanes of at least 4 members (excludes halogenated alkanes) is 33. The summed E-state index contributed by atoms with van der Waals surface area (Å²) in [6.45, 7) is 7.80. The summed E-state index contributed by atoms with van der Waals surface area (Å²) < 4.78 is 17.5. The predicted molar refractivity (Wildman–Crippen MR) is 279 cm³/mol. The second-order valence-corrected chi connectivity index (χ2v) is 18.8. The van der Waals surface area contributed by atoms with Crippen molar-refractivity contribution in [2.45, 2.75) is 297 Å². The van der Waals surface area contributed by atoms with E-state index >= 15 is 0 Å². The van der Waals surface area contributed by atoms with E-state index < -0.39 is 6.10 Å². The highest BCUT2D eigenvalue weighted by Gasteiger charge is 2.17. The molecule has 1 atom stereocenters. The maximum atomic E-state index is 12.8. The van der Waals surface area contributed by atoms with Crippen LogP contribution in [0.5, 0.6) is 0 Å². The van der Waals surface area contributed by atoms with Gasteiger partial charge >= 0.3 is 11.9 Å². The maximum Gasteiger partial charge on any atom is 0.306 e. The van der Waals surface area contributed by atoms with Crippen LogP contribution >= 0.6 is 0 Å². The molecular formula is C59H108O5. The molecule has 0 N–H and O–H groups in total. The smallest absolute Gasteiger partial charge is 0.306 e. The Labute approximate surface area is 399 Å². The lowest BCUT2D eigenvalue weighted by Gasteiger charge is -2.18. The zero-order valence-electron chi connectivity index (χ0n) is 43.1. The average molecular weight is 898 g/mol. The van der Waals surface area contributed by atoms with E-state index in [2.05, 4.69) is 69.4 Å². The fourth-order valence-corrected chi connectivity index (χ4v) is 8.06. The minimum atomic E-state index is -0.546. The van der Waals surface area contributed by atoms with Crippen molar-refractivity contribution in [3.05, 3.63) is 48.6 Å². The van der Waals surface area contributed by atoms with Gasteiger partial charge < -0.3 is 14.2 Å². The molecule has 0 fully saturated rings. The van der Waals surface area contributed by atoms with Crippen LogP contribution in [0.4, 0.5) is 0 Å². The number of esters is 2. The first-order valence-corrected chi connectivity index (χ1v) is 28.2. The Morgan fingerprint density at radius 1 is 0.344 bits per heavy atom. The molecule has 0 heterocycles. The van der Waals surface area contributed by atoms with Crippen LogP contribution in [0.15, 0.2) is 48.6 Å². The van der Waals surface area contributed by atoms with Crippen molar-refractivity contribution in [2.24, 2.45) is 0 Å². The highest BCUT2D eigenvalue weighted by Crippen LogP contribution is 2.15. The van der Waals surface area contributed by atoms with Crippen molar-refractivity contribution in [2.75, 3.05) is 19.8 Å². The fourth-order valence-electron chi connectivity index (χ4n) is 8.06. The van der Waals surface area contributed by atoms with E-state index in [1.54, 1.807) is 0 Å². The molecule has 0 aromatic carbocycles. The molecule has 0 aromatic rings. The molecule has 0 aliphatic carbocycles.